The first kappa shape index (κ1) is 14.7. The average Bonchev–Trinajstić information content (AvgIpc) is 2.37. The smallest absolute Gasteiger partial charge is 0.349 e. The Morgan fingerprint density at radius 2 is 2.00 bits per heavy atom. The van der Waals surface area contributed by atoms with Crippen molar-refractivity contribution in [2.24, 2.45) is 0 Å². The molecule has 0 amide bonds. The highest BCUT2D eigenvalue weighted by Crippen LogP contribution is 2.13. The first-order valence-corrected chi connectivity index (χ1v) is 5.52. The van der Waals surface area contributed by atoms with Crippen molar-refractivity contribution in [2.45, 2.75) is 12.5 Å². The Labute approximate surface area is 110 Å². The zero-order chi connectivity index (χ0) is 14.4. The Kier molecular flexibility index (Phi) is 5.08. The molecule has 1 atom stereocenters. The number of phenols is 1. The van der Waals surface area contributed by atoms with Crippen LogP contribution in [-0.2, 0) is 20.8 Å². The predicted molar refractivity (Wildman–Crippen MR) is 67.3 cm³/mol. The number of hydrogen-bond donors (Lipinski definition) is 2. The van der Waals surface area contributed by atoms with Crippen molar-refractivity contribution < 1.29 is 24.6 Å². The molecule has 1 aromatic rings. The quantitative estimate of drug-likeness (QED) is 0.588. The number of rotatable bonds is 6. The number of aliphatic carboxylic acids is 1. The van der Waals surface area contributed by atoms with E-state index in [1.807, 2.05) is 0 Å². The summed E-state index contributed by atoms with van der Waals surface area (Å²) in [4.78, 5) is 27.0. The van der Waals surface area contributed by atoms with Gasteiger partial charge in [0.1, 0.15) is 11.8 Å². The number of aromatic hydroxyl groups is 1. The Morgan fingerprint density at radius 3 is 2.47 bits per heavy atom. The summed E-state index contributed by atoms with van der Waals surface area (Å²) in [5.41, 5.74) is 0.701. The molecule has 6 heteroatoms. The summed E-state index contributed by atoms with van der Waals surface area (Å²) in [5, 5.41) is 19.3. The maximum atomic E-state index is 11.2. The van der Waals surface area contributed by atoms with E-state index < -0.39 is 18.0 Å². The van der Waals surface area contributed by atoms with Crippen molar-refractivity contribution in [3.05, 3.63) is 42.5 Å². The van der Waals surface area contributed by atoms with Crippen molar-refractivity contribution in [1.29, 1.82) is 0 Å². The van der Waals surface area contributed by atoms with Crippen LogP contribution < -0.4 is 0 Å². The van der Waals surface area contributed by atoms with Gasteiger partial charge in [-0.2, -0.15) is 0 Å². The minimum absolute atomic E-state index is 0.0991. The number of carboxylic acids is 1. The van der Waals surface area contributed by atoms with Gasteiger partial charge in [-0.25, -0.2) is 4.79 Å². The van der Waals surface area contributed by atoms with Crippen LogP contribution in [0.3, 0.4) is 0 Å². The third-order valence-electron chi connectivity index (χ3n) is 2.49. The van der Waals surface area contributed by atoms with E-state index in [-0.39, 0.29) is 12.2 Å². The molecule has 0 radical (unpaired) electrons. The van der Waals surface area contributed by atoms with Gasteiger partial charge in [-0.15, -0.1) is 5.06 Å². The Bertz CT molecular complexity index is 468. The molecule has 0 unspecified atom stereocenters. The van der Waals surface area contributed by atoms with Crippen LogP contribution in [0.1, 0.15) is 5.56 Å². The van der Waals surface area contributed by atoms with E-state index in [4.69, 9.17) is 15.1 Å². The number of carboxylic acid groups (broad SMARTS) is 1. The molecule has 0 saturated carbocycles. The fraction of sp³-hybridized carbons (Fsp3) is 0.231. The van der Waals surface area contributed by atoms with Gasteiger partial charge in [0, 0.05) is 19.5 Å². The number of benzene rings is 1. The molecule has 0 saturated heterocycles. The van der Waals surface area contributed by atoms with E-state index in [0.29, 0.717) is 5.56 Å². The first-order chi connectivity index (χ1) is 8.93. The van der Waals surface area contributed by atoms with Gasteiger partial charge in [0.25, 0.3) is 0 Å². The molecule has 0 fully saturated rings. The second-order valence-corrected chi connectivity index (χ2v) is 3.89. The van der Waals surface area contributed by atoms with Crippen LogP contribution in [0.4, 0.5) is 0 Å². The van der Waals surface area contributed by atoms with Crippen LogP contribution in [0, 0.1) is 0 Å². The molecule has 0 aliphatic heterocycles. The molecule has 0 heterocycles. The van der Waals surface area contributed by atoms with Crippen molar-refractivity contribution in [1.82, 2.24) is 5.06 Å². The van der Waals surface area contributed by atoms with Crippen LogP contribution in [0.15, 0.2) is 36.9 Å². The molecule has 1 rings (SSSR count). The minimum atomic E-state index is -1.12. The molecule has 0 aliphatic carbocycles. The lowest BCUT2D eigenvalue weighted by Gasteiger charge is -2.22. The lowest BCUT2D eigenvalue weighted by Crippen LogP contribution is -2.41. The third-order valence-corrected chi connectivity index (χ3v) is 2.49. The van der Waals surface area contributed by atoms with Crippen LogP contribution in [-0.4, -0.2) is 40.3 Å². The standard InChI is InChI=1S/C13H15NO5/c1-3-12(16)19-14(2)11(13(17)18)8-9-4-6-10(15)7-5-9/h3-7,11,15H,1,8H2,2H3,(H,17,18)/t11-/m0/s1. The van der Waals surface area contributed by atoms with Gasteiger partial charge in [-0.3, -0.25) is 4.79 Å². The summed E-state index contributed by atoms with van der Waals surface area (Å²) in [5.74, 6) is -1.74. The number of carbonyl (C=O) groups is 2. The lowest BCUT2D eigenvalue weighted by molar-refractivity contribution is -0.193. The van der Waals surface area contributed by atoms with E-state index in [0.717, 1.165) is 11.1 Å². The molecule has 102 valence electrons. The monoisotopic (exact) mass is 265 g/mol. The molecule has 2 N–H and O–H groups in total. The molecule has 0 aromatic heterocycles. The fourth-order valence-corrected chi connectivity index (χ4v) is 1.47. The van der Waals surface area contributed by atoms with Crippen molar-refractivity contribution in [3.8, 4) is 5.75 Å². The van der Waals surface area contributed by atoms with E-state index >= 15 is 0 Å². The molecular weight excluding hydrogens is 250 g/mol. The van der Waals surface area contributed by atoms with E-state index in [1.165, 1.54) is 19.2 Å². The fourth-order valence-electron chi connectivity index (χ4n) is 1.47. The molecular formula is C13H15NO5. The Balaban J connectivity index is 2.77. The first-order valence-electron chi connectivity index (χ1n) is 5.52. The number of hydroxylamine groups is 2. The topological polar surface area (TPSA) is 87.1 Å². The summed E-state index contributed by atoms with van der Waals surface area (Å²) < 4.78 is 0. The molecule has 0 bridgehead atoms. The molecule has 0 aliphatic rings. The number of likely N-dealkylation sites (N-methyl/N-ethyl adjacent to an activating group) is 1. The van der Waals surface area contributed by atoms with Crippen molar-refractivity contribution in [3.63, 3.8) is 0 Å². The zero-order valence-corrected chi connectivity index (χ0v) is 10.4. The summed E-state index contributed by atoms with van der Waals surface area (Å²) in [6, 6.07) is 5.12. The second-order valence-electron chi connectivity index (χ2n) is 3.89. The summed E-state index contributed by atoms with van der Waals surface area (Å²) in [7, 11) is 1.36. The van der Waals surface area contributed by atoms with E-state index in [2.05, 4.69) is 6.58 Å². The van der Waals surface area contributed by atoms with Gasteiger partial charge >= 0.3 is 11.9 Å². The Hall–Kier alpha value is -2.34. The third kappa shape index (κ3) is 4.44. The predicted octanol–water partition coefficient (Wildman–Crippen LogP) is 0.964. The van der Waals surface area contributed by atoms with Gasteiger partial charge in [-0.05, 0) is 17.7 Å². The van der Waals surface area contributed by atoms with Crippen molar-refractivity contribution in [2.75, 3.05) is 7.05 Å². The summed E-state index contributed by atoms with van der Waals surface area (Å²) in [6.07, 6.45) is 1.09. The van der Waals surface area contributed by atoms with Gasteiger partial charge in [0.2, 0.25) is 0 Å². The maximum Gasteiger partial charge on any atom is 0.349 e. The largest absolute Gasteiger partial charge is 0.508 e. The van der Waals surface area contributed by atoms with Crippen molar-refractivity contribution >= 4 is 11.9 Å². The summed E-state index contributed by atoms with van der Waals surface area (Å²) >= 11 is 0. The normalized spacial score (nSPS) is 11.9. The number of nitrogens with zero attached hydrogens (tertiary/aromatic N) is 1. The molecule has 19 heavy (non-hydrogen) atoms. The summed E-state index contributed by atoms with van der Waals surface area (Å²) in [6.45, 7) is 3.24. The second kappa shape index (κ2) is 6.55. The molecule has 6 nitrogen and oxygen atoms in total. The highest BCUT2D eigenvalue weighted by Gasteiger charge is 2.25. The van der Waals surface area contributed by atoms with Crippen LogP contribution in [0.2, 0.25) is 0 Å². The van der Waals surface area contributed by atoms with Gasteiger partial charge in [0.05, 0.1) is 0 Å². The number of phenolic OH excluding ortho intramolecular Hbond substituents is 1. The van der Waals surface area contributed by atoms with E-state index in [1.54, 1.807) is 12.1 Å². The lowest BCUT2D eigenvalue weighted by atomic mass is 10.1. The van der Waals surface area contributed by atoms with Crippen LogP contribution >= 0.6 is 0 Å². The number of hydrogen-bond acceptors (Lipinski definition) is 5. The highest BCUT2D eigenvalue weighted by molar-refractivity contribution is 5.81. The Morgan fingerprint density at radius 1 is 1.42 bits per heavy atom. The van der Waals surface area contributed by atoms with Crippen LogP contribution in [0.25, 0.3) is 0 Å². The van der Waals surface area contributed by atoms with Crippen LogP contribution in [0.5, 0.6) is 5.75 Å². The molecule has 0 spiro atoms. The van der Waals surface area contributed by atoms with Gasteiger partial charge in [0.15, 0.2) is 0 Å². The SMILES string of the molecule is C=CC(=O)ON(C)[C@@H](Cc1ccc(O)cc1)C(=O)O. The van der Waals surface area contributed by atoms with E-state index in [9.17, 15) is 9.59 Å². The maximum absolute atomic E-state index is 11.2. The molecule has 1 aromatic carbocycles. The average molecular weight is 265 g/mol. The number of carbonyl (C=O) groups excluding carboxylic acids is 1. The highest BCUT2D eigenvalue weighted by atomic mass is 16.7. The van der Waals surface area contributed by atoms with Gasteiger partial charge in [-0.1, -0.05) is 18.7 Å². The zero-order valence-electron chi connectivity index (χ0n) is 10.4. The minimum Gasteiger partial charge on any atom is -0.508 e. The van der Waals surface area contributed by atoms with Gasteiger partial charge < -0.3 is 15.1 Å².